The molecule has 0 saturated carbocycles. The van der Waals surface area contributed by atoms with E-state index in [-0.39, 0.29) is 17.4 Å². The van der Waals surface area contributed by atoms with Crippen LogP contribution in [0.1, 0.15) is 39.2 Å². The lowest BCUT2D eigenvalue weighted by molar-refractivity contribution is -0.134. The third-order valence-corrected chi connectivity index (χ3v) is 3.54. The normalized spacial score (nSPS) is 17.3. The molecule has 2 rings (SSSR count). The molecule has 0 bridgehead atoms. The van der Waals surface area contributed by atoms with Crippen LogP contribution in [0.15, 0.2) is 42.3 Å². The summed E-state index contributed by atoms with van der Waals surface area (Å²) in [5, 5.41) is 4.15. The second-order valence-corrected chi connectivity index (χ2v) is 7.04. The average Bonchev–Trinajstić information content (AvgIpc) is 2.94. The molecular formula is C18H25N3O2. The maximum Gasteiger partial charge on any atom is 0.223 e. The monoisotopic (exact) mass is 315 g/mol. The van der Waals surface area contributed by atoms with Gasteiger partial charge in [-0.3, -0.25) is 9.78 Å². The molecule has 1 amide bonds. The highest BCUT2D eigenvalue weighted by Crippen LogP contribution is 2.22. The van der Waals surface area contributed by atoms with Crippen molar-refractivity contribution in [2.45, 2.75) is 39.7 Å². The first-order valence-corrected chi connectivity index (χ1v) is 7.91. The largest absolute Gasteiger partial charge is 0.390 e. The molecule has 0 aliphatic carbocycles. The van der Waals surface area contributed by atoms with Crippen molar-refractivity contribution >= 4 is 11.6 Å². The van der Waals surface area contributed by atoms with E-state index in [4.69, 9.17) is 4.84 Å². The summed E-state index contributed by atoms with van der Waals surface area (Å²) in [6.07, 6.45) is 6.32. The molecule has 1 aliphatic rings. The van der Waals surface area contributed by atoms with Crippen molar-refractivity contribution < 1.29 is 9.63 Å². The molecular weight excluding hydrogens is 290 g/mol. The Morgan fingerprint density at radius 2 is 2.30 bits per heavy atom. The quantitative estimate of drug-likeness (QED) is 0.758. The molecule has 23 heavy (non-hydrogen) atoms. The number of carbonyl (C=O) groups is 1. The fraction of sp³-hybridized carbons (Fsp3) is 0.500. The van der Waals surface area contributed by atoms with Gasteiger partial charge in [0.05, 0.1) is 12.3 Å². The van der Waals surface area contributed by atoms with Crippen LogP contribution >= 0.6 is 0 Å². The zero-order chi connectivity index (χ0) is 16.9. The van der Waals surface area contributed by atoms with Gasteiger partial charge in [0.25, 0.3) is 0 Å². The van der Waals surface area contributed by atoms with Gasteiger partial charge >= 0.3 is 0 Å². The summed E-state index contributed by atoms with van der Waals surface area (Å²) in [7, 11) is 0. The molecule has 2 heterocycles. The lowest BCUT2D eigenvalue weighted by Crippen LogP contribution is -2.39. The van der Waals surface area contributed by atoms with Gasteiger partial charge in [-0.15, -0.1) is 6.58 Å². The zero-order valence-corrected chi connectivity index (χ0v) is 14.2. The minimum Gasteiger partial charge on any atom is -0.390 e. The van der Waals surface area contributed by atoms with Crippen molar-refractivity contribution in [1.82, 2.24) is 9.88 Å². The second-order valence-electron chi connectivity index (χ2n) is 7.04. The van der Waals surface area contributed by atoms with Crippen molar-refractivity contribution in [2.75, 3.05) is 13.1 Å². The van der Waals surface area contributed by atoms with Crippen molar-refractivity contribution in [3.8, 4) is 0 Å². The molecule has 0 spiro atoms. The molecule has 0 N–H and O–H groups in total. The number of carbonyl (C=O) groups excluding carboxylic acids is 1. The average molecular weight is 315 g/mol. The SMILES string of the molecule is C=CCN(CC1CC(c2cccnc2)=NO1)C(=O)CC(C)(C)C. The Labute approximate surface area is 138 Å². The van der Waals surface area contributed by atoms with Gasteiger partial charge in [0.15, 0.2) is 6.10 Å². The summed E-state index contributed by atoms with van der Waals surface area (Å²) in [6.45, 7) is 11.0. The van der Waals surface area contributed by atoms with Crippen LogP contribution in [0.5, 0.6) is 0 Å². The molecule has 0 fully saturated rings. The molecule has 1 unspecified atom stereocenters. The molecule has 124 valence electrons. The van der Waals surface area contributed by atoms with Gasteiger partial charge in [-0.05, 0) is 17.5 Å². The summed E-state index contributed by atoms with van der Waals surface area (Å²) in [5.41, 5.74) is 1.81. The summed E-state index contributed by atoms with van der Waals surface area (Å²) in [4.78, 5) is 23.9. The highest BCUT2D eigenvalue weighted by molar-refractivity contribution is 6.01. The maximum absolute atomic E-state index is 12.5. The maximum atomic E-state index is 12.5. The van der Waals surface area contributed by atoms with E-state index in [1.165, 1.54) is 0 Å². The van der Waals surface area contributed by atoms with Crippen LogP contribution in [0.3, 0.4) is 0 Å². The zero-order valence-electron chi connectivity index (χ0n) is 14.2. The molecule has 1 aliphatic heterocycles. The summed E-state index contributed by atoms with van der Waals surface area (Å²) < 4.78 is 0. The Hall–Kier alpha value is -2.17. The smallest absolute Gasteiger partial charge is 0.223 e. The van der Waals surface area contributed by atoms with Crippen LogP contribution in [-0.4, -0.2) is 40.7 Å². The van der Waals surface area contributed by atoms with Gasteiger partial charge in [-0.2, -0.15) is 0 Å². The van der Waals surface area contributed by atoms with Crippen LogP contribution in [0.2, 0.25) is 0 Å². The highest BCUT2D eigenvalue weighted by Gasteiger charge is 2.28. The van der Waals surface area contributed by atoms with Gasteiger partial charge in [0.2, 0.25) is 5.91 Å². The Balaban J connectivity index is 1.95. The van der Waals surface area contributed by atoms with E-state index in [1.54, 1.807) is 23.4 Å². The van der Waals surface area contributed by atoms with E-state index in [1.807, 2.05) is 12.1 Å². The van der Waals surface area contributed by atoms with Gasteiger partial charge in [0.1, 0.15) is 0 Å². The molecule has 0 aromatic carbocycles. The molecule has 5 heteroatoms. The summed E-state index contributed by atoms with van der Waals surface area (Å²) in [5.74, 6) is 0.121. The first-order chi connectivity index (χ1) is 10.9. The number of aromatic nitrogens is 1. The number of pyridine rings is 1. The van der Waals surface area contributed by atoms with Crippen LogP contribution in [0, 0.1) is 5.41 Å². The third kappa shape index (κ3) is 5.20. The highest BCUT2D eigenvalue weighted by atomic mass is 16.6. The molecule has 0 radical (unpaired) electrons. The van der Waals surface area contributed by atoms with Crippen LogP contribution in [-0.2, 0) is 9.63 Å². The minimum atomic E-state index is -0.117. The molecule has 1 aromatic rings. The third-order valence-electron chi connectivity index (χ3n) is 3.54. The van der Waals surface area contributed by atoms with Crippen LogP contribution in [0.25, 0.3) is 0 Å². The molecule has 5 nitrogen and oxygen atoms in total. The Morgan fingerprint density at radius 1 is 1.52 bits per heavy atom. The Bertz CT molecular complexity index is 576. The predicted molar refractivity (Wildman–Crippen MR) is 91.1 cm³/mol. The molecule has 0 saturated heterocycles. The van der Waals surface area contributed by atoms with E-state index in [2.05, 4.69) is 37.5 Å². The first kappa shape index (κ1) is 17.2. The number of oxime groups is 1. The predicted octanol–water partition coefficient (Wildman–Crippen LogP) is 3.03. The van der Waals surface area contributed by atoms with E-state index >= 15 is 0 Å². The number of hydrogen-bond acceptors (Lipinski definition) is 4. The Kier molecular flexibility index (Phi) is 5.53. The summed E-state index contributed by atoms with van der Waals surface area (Å²) >= 11 is 0. The topological polar surface area (TPSA) is 54.8 Å². The van der Waals surface area contributed by atoms with Gasteiger partial charge in [-0.25, -0.2) is 0 Å². The molecule has 1 atom stereocenters. The summed E-state index contributed by atoms with van der Waals surface area (Å²) in [6, 6.07) is 3.84. The number of rotatable bonds is 6. The van der Waals surface area contributed by atoms with E-state index in [9.17, 15) is 4.79 Å². The van der Waals surface area contributed by atoms with Crippen molar-refractivity contribution in [1.29, 1.82) is 0 Å². The van der Waals surface area contributed by atoms with Crippen LogP contribution < -0.4 is 0 Å². The van der Waals surface area contributed by atoms with Crippen LogP contribution in [0.4, 0.5) is 0 Å². The van der Waals surface area contributed by atoms with E-state index < -0.39 is 0 Å². The second kappa shape index (κ2) is 7.40. The lowest BCUT2D eigenvalue weighted by Gasteiger charge is -2.27. The fourth-order valence-corrected chi connectivity index (χ4v) is 2.48. The van der Waals surface area contributed by atoms with Gasteiger partial charge in [0, 0.05) is 37.3 Å². The van der Waals surface area contributed by atoms with Crippen molar-refractivity contribution in [3.63, 3.8) is 0 Å². The van der Waals surface area contributed by atoms with E-state index in [0.29, 0.717) is 25.9 Å². The standard InChI is InChI=1S/C18H25N3O2/c1-5-9-21(17(22)11-18(2,3)4)13-15-10-16(20-23-15)14-7-6-8-19-12-14/h5-8,12,15H,1,9-11,13H2,2-4H3. The van der Waals surface area contributed by atoms with Crippen molar-refractivity contribution in [3.05, 3.63) is 42.7 Å². The van der Waals surface area contributed by atoms with Gasteiger partial charge < -0.3 is 9.74 Å². The number of amides is 1. The lowest BCUT2D eigenvalue weighted by atomic mass is 9.91. The van der Waals surface area contributed by atoms with Crippen molar-refractivity contribution in [2.24, 2.45) is 10.6 Å². The first-order valence-electron chi connectivity index (χ1n) is 7.91. The Morgan fingerprint density at radius 3 is 2.91 bits per heavy atom. The minimum absolute atomic E-state index is 0.0373. The number of hydrogen-bond donors (Lipinski definition) is 0. The molecule has 1 aromatic heterocycles. The fourth-order valence-electron chi connectivity index (χ4n) is 2.48. The van der Waals surface area contributed by atoms with E-state index in [0.717, 1.165) is 11.3 Å². The number of nitrogens with zero attached hydrogens (tertiary/aromatic N) is 3. The van der Waals surface area contributed by atoms with Gasteiger partial charge in [-0.1, -0.05) is 32.0 Å².